The second-order valence-corrected chi connectivity index (χ2v) is 6.99. The van der Waals surface area contributed by atoms with E-state index in [0.29, 0.717) is 11.8 Å². The molecule has 1 fully saturated rings. The van der Waals surface area contributed by atoms with Crippen LogP contribution < -0.4 is 9.62 Å². The molecule has 5 nitrogen and oxygen atoms in total. The SMILES string of the molecule is CCS(=O)(=O)Nc1ccc(N2CCC(OC)CC2)cc1. The normalized spacial score (nSPS) is 17.2. The average Bonchev–Trinajstić information content (AvgIpc) is 2.48. The molecule has 0 spiro atoms. The van der Waals surface area contributed by atoms with E-state index < -0.39 is 10.0 Å². The minimum atomic E-state index is -3.20. The highest BCUT2D eigenvalue weighted by Gasteiger charge is 2.18. The highest BCUT2D eigenvalue weighted by molar-refractivity contribution is 7.92. The maximum atomic E-state index is 11.5. The molecule has 20 heavy (non-hydrogen) atoms. The van der Waals surface area contributed by atoms with Gasteiger partial charge in [0.25, 0.3) is 0 Å². The molecule has 1 heterocycles. The Bertz CT molecular complexity index is 520. The van der Waals surface area contributed by atoms with Crippen molar-refractivity contribution >= 4 is 21.4 Å². The third-order valence-corrected chi connectivity index (χ3v) is 4.97. The highest BCUT2D eigenvalue weighted by Crippen LogP contribution is 2.23. The number of benzene rings is 1. The maximum absolute atomic E-state index is 11.5. The van der Waals surface area contributed by atoms with Crippen LogP contribution in [0.5, 0.6) is 0 Å². The summed E-state index contributed by atoms with van der Waals surface area (Å²) in [6.07, 6.45) is 2.42. The van der Waals surface area contributed by atoms with Gasteiger partial charge in [-0.3, -0.25) is 4.72 Å². The molecule has 0 unspecified atom stereocenters. The van der Waals surface area contributed by atoms with Crippen LogP contribution in [-0.4, -0.2) is 40.5 Å². The maximum Gasteiger partial charge on any atom is 0.232 e. The van der Waals surface area contributed by atoms with E-state index in [1.165, 1.54) is 0 Å². The van der Waals surface area contributed by atoms with E-state index >= 15 is 0 Å². The lowest BCUT2D eigenvalue weighted by Gasteiger charge is -2.33. The van der Waals surface area contributed by atoms with Crippen LogP contribution in [0.15, 0.2) is 24.3 Å². The summed E-state index contributed by atoms with van der Waals surface area (Å²) in [5.41, 5.74) is 1.74. The van der Waals surface area contributed by atoms with Crippen LogP contribution >= 0.6 is 0 Å². The zero-order chi connectivity index (χ0) is 14.6. The molecule has 0 aromatic heterocycles. The molecule has 0 aliphatic carbocycles. The van der Waals surface area contributed by atoms with E-state index in [9.17, 15) is 8.42 Å². The molecule has 1 aliphatic heterocycles. The highest BCUT2D eigenvalue weighted by atomic mass is 32.2. The van der Waals surface area contributed by atoms with Crippen molar-refractivity contribution in [2.24, 2.45) is 0 Å². The number of ether oxygens (including phenoxy) is 1. The molecule has 0 amide bonds. The lowest BCUT2D eigenvalue weighted by molar-refractivity contribution is 0.0819. The smallest absolute Gasteiger partial charge is 0.232 e. The Morgan fingerprint density at radius 3 is 2.35 bits per heavy atom. The first kappa shape index (κ1) is 15.1. The third kappa shape index (κ3) is 3.86. The molecule has 0 radical (unpaired) electrons. The Balaban J connectivity index is 1.98. The Kier molecular flexibility index (Phi) is 4.88. The number of anilines is 2. The van der Waals surface area contributed by atoms with Crippen molar-refractivity contribution in [1.82, 2.24) is 0 Å². The summed E-state index contributed by atoms with van der Waals surface area (Å²) in [6, 6.07) is 7.54. The molecule has 0 atom stereocenters. The van der Waals surface area contributed by atoms with Crippen molar-refractivity contribution in [2.45, 2.75) is 25.9 Å². The lowest BCUT2D eigenvalue weighted by Crippen LogP contribution is -2.36. The number of hydrogen-bond acceptors (Lipinski definition) is 4. The van der Waals surface area contributed by atoms with Gasteiger partial charge >= 0.3 is 0 Å². The van der Waals surface area contributed by atoms with Gasteiger partial charge in [-0.25, -0.2) is 8.42 Å². The van der Waals surface area contributed by atoms with E-state index in [-0.39, 0.29) is 5.75 Å². The summed E-state index contributed by atoms with van der Waals surface area (Å²) in [4.78, 5) is 2.30. The molecule has 0 bridgehead atoms. The van der Waals surface area contributed by atoms with Gasteiger partial charge in [0.05, 0.1) is 11.9 Å². The Morgan fingerprint density at radius 2 is 1.85 bits per heavy atom. The molecule has 112 valence electrons. The van der Waals surface area contributed by atoms with E-state index in [1.807, 2.05) is 24.3 Å². The standard InChI is InChI=1S/C14H22N2O3S/c1-3-20(17,18)15-12-4-6-13(7-5-12)16-10-8-14(19-2)9-11-16/h4-7,14-15H,3,8-11H2,1-2H3. The zero-order valence-corrected chi connectivity index (χ0v) is 12.8. The summed E-state index contributed by atoms with van der Waals surface area (Å²) in [5, 5.41) is 0. The lowest BCUT2D eigenvalue weighted by atomic mass is 10.1. The fraction of sp³-hybridized carbons (Fsp3) is 0.571. The van der Waals surface area contributed by atoms with Crippen LogP contribution in [0.3, 0.4) is 0 Å². The predicted molar refractivity (Wildman–Crippen MR) is 81.8 cm³/mol. The quantitative estimate of drug-likeness (QED) is 0.904. The molecule has 6 heteroatoms. The molecule has 0 saturated carbocycles. The van der Waals surface area contributed by atoms with Gasteiger partial charge in [0.2, 0.25) is 10.0 Å². The fourth-order valence-electron chi connectivity index (χ4n) is 2.34. The molecule has 2 rings (SSSR count). The average molecular weight is 298 g/mol. The molecule has 1 aromatic carbocycles. The monoisotopic (exact) mass is 298 g/mol. The summed E-state index contributed by atoms with van der Waals surface area (Å²) >= 11 is 0. The summed E-state index contributed by atoms with van der Waals surface area (Å²) in [7, 11) is -1.44. The van der Waals surface area contributed by atoms with Gasteiger partial charge in [0.1, 0.15) is 0 Å². The molecular weight excluding hydrogens is 276 g/mol. The topological polar surface area (TPSA) is 58.6 Å². The number of piperidine rings is 1. The van der Waals surface area contributed by atoms with Gasteiger partial charge in [-0.1, -0.05) is 0 Å². The van der Waals surface area contributed by atoms with E-state index in [1.54, 1.807) is 14.0 Å². The number of hydrogen-bond donors (Lipinski definition) is 1. The van der Waals surface area contributed by atoms with Gasteiger partial charge in [0.15, 0.2) is 0 Å². The van der Waals surface area contributed by atoms with Crippen LogP contribution in [0.4, 0.5) is 11.4 Å². The first-order valence-corrected chi connectivity index (χ1v) is 8.57. The minimum Gasteiger partial charge on any atom is -0.381 e. The van der Waals surface area contributed by atoms with Crippen LogP contribution in [0.25, 0.3) is 0 Å². The Hall–Kier alpha value is -1.27. The van der Waals surface area contributed by atoms with Crippen molar-refractivity contribution in [3.05, 3.63) is 24.3 Å². The van der Waals surface area contributed by atoms with Gasteiger partial charge in [0, 0.05) is 31.6 Å². The first-order valence-electron chi connectivity index (χ1n) is 6.92. The number of sulfonamides is 1. The summed E-state index contributed by atoms with van der Waals surface area (Å²) < 4.78 is 30.9. The van der Waals surface area contributed by atoms with Crippen LogP contribution in [0.2, 0.25) is 0 Å². The van der Waals surface area contributed by atoms with E-state index in [2.05, 4.69) is 9.62 Å². The molecule has 1 aromatic rings. The first-order chi connectivity index (χ1) is 9.54. The summed E-state index contributed by atoms with van der Waals surface area (Å²) in [5.74, 6) is 0.0826. The number of methoxy groups -OCH3 is 1. The molecular formula is C14H22N2O3S. The van der Waals surface area contributed by atoms with Gasteiger partial charge < -0.3 is 9.64 Å². The minimum absolute atomic E-state index is 0.0826. The van der Waals surface area contributed by atoms with Crippen LogP contribution in [0, 0.1) is 0 Å². The van der Waals surface area contributed by atoms with Crippen molar-refractivity contribution in [2.75, 3.05) is 35.6 Å². The second kappa shape index (κ2) is 6.45. The van der Waals surface area contributed by atoms with Crippen LogP contribution in [0.1, 0.15) is 19.8 Å². The van der Waals surface area contributed by atoms with Gasteiger partial charge in [-0.15, -0.1) is 0 Å². The predicted octanol–water partition coefficient (Wildman–Crippen LogP) is 2.06. The van der Waals surface area contributed by atoms with Crippen molar-refractivity contribution in [3.63, 3.8) is 0 Å². The number of rotatable bonds is 5. The zero-order valence-electron chi connectivity index (χ0n) is 12.0. The van der Waals surface area contributed by atoms with E-state index in [4.69, 9.17) is 4.74 Å². The summed E-state index contributed by atoms with van der Waals surface area (Å²) in [6.45, 7) is 3.56. The van der Waals surface area contributed by atoms with Gasteiger partial charge in [-0.05, 0) is 44.0 Å². The largest absolute Gasteiger partial charge is 0.381 e. The van der Waals surface area contributed by atoms with Gasteiger partial charge in [-0.2, -0.15) is 0 Å². The fourth-order valence-corrected chi connectivity index (χ4v) is 2.98. The number of nitrogens with one attached hydrogen (secondary N) is 1. The van der Waals surface area contributed by atoms with Crippen molar-refractivity contribution < 1.29 is 13.2 Å². The van der Waals surface area contributed by atoms with Crippen molar-refractivity contribution in [3.8, 4) is 0 Å². The Labute approximate surface area is 121 Å². The van der Waals surface area contributed by atoms with E-state index in [0.717, 1.165) is 31.6 Å². The molecule has 1 saturated heterocycles. The molecule has 1 N–H and O–H groups in total. The van der Waals surface area contributed by atoms with Crippen molar-refractivity contribution in [1.29, 1.82) is 0 Å². The Morgan fingerprint density at radius 1 is 1.25 bits per heavy atom. The van der Waals surface area contributed by atoms with Crippen LogP contribution in [-0.2, 0) is 14.8 Å². The third-order valence-electron chi connectivity index (χ3n) is 3.66. The number of nitrogens with zero attached hydrogens (tertiary/aromatic N) is 1. The second-order valence-electron chi connectivity index (χ2n) is 4.97. The molecule has 1 aliphatic rings.